The highest BCUT2D eigenvalue weighted by Gasteiger charge is 2.01. The standard InChI is InChI=1S/C11H7N3O.CH5N/c15-11-13-6-7-3-4-9-8(10(7)14-11)2-1-5-12-9;1-2/h1-6H,(H,13,14,15);2H2,1H3. The van der Waals surface area contributed by atoms with Gasteiger partial charge in [-0.3, -0.25) is 4.98 Å². The van der Waals surface area contributed by atoms with Crippen molar-refractivity contribution in [3.8, 4) is 0 Å². The summed E-state index contributed by atoms with van der Waals surface area (Å²) in [4.78, 5) is 21.8. The molecule has 5 nitrogen and oxygen atoms in total. The van der Waals surface area contributed by atoms with Crippen LogP contribution in [0.2, 0.25) is 0 Å². The molecule has 0 unspecified atom stereocenters. The Kier molecular flexibility index (Phi) is 3.11. The molecule has 0 aliphatic rings. The molecule has 3 N–H and O–H groups in total. The number of rotatable bonds is 0. The molecule has 2 heterocycles. The molecule has 0 bridgehead atoms. The summed E-state index contributed by atoms with van der Waals surface area (Å²) in [5.74, 6) is 0. The van der Waals surface area contributed by atoms with Gasteiger partial charge in [-0.15, -0.1) is 0 Å². The van der Waals surface area contributed by atoms with Crippen molar-refractivity contribution in [3.63, 3.8) is 0 Å². The number of nitrogens with zero attached hydrogens (tertiary/aromatic N) is 2. The number of pyridine rings is 1. The summed E-state index contributed by atoms with van der Waals surface area (Å²) < 4.78 is 0. The second-order valence-electron chi connectivity index (χ2n) is 3.29. The number of nitrogens with two attached hydrogens (primary N) is 1. The fraction of sp³-hybridized carbons (Fsp3) is 0.0833. The third kappa shape index (κ3) is 2.00. The molecule has 1 aromatic carbocycles. The summed E-state index contributed by atoms with van der Waals surface area (Å²) in [5, 5.41) is 1.85. The van der Waals surface area contributed by atoms with E-state index in [4.69, 9.17) is 0 Å². The molecule has 0 aliphatic carbocycles. The SMILES string of the molecule is CN.O=c1ncc2ccc3ncccc3c2[nH]1. The van der Waals surface area contributed by atoms with Gasteiger partial charge in [0.25, 0.3) is 0 Å². The van der Waals surface area contributed by atoms with E-state index < -0.39 is 0 Å². The van der Waals surface area contributed by atoms with Crippen LogP contribution in [0, 0.1) is 0 Å². The molecule has 0 aliphatic heterocycles. The van der Waals surface area contributed by atoms with Gasteiger partial charge in [0, 0.05) is 23.2 Å². The van der Waals surface area contributed by atoms with Crippen molar-refractivity contribution in [2.75, 3.05) is 7.05 Å². The summed E-state index contributed by atoms with van der Waals surface area (Å²) >= 11 is 0. The smallest absolute Gasteiger partial charge is 0.333 e. The highest BCUT2D eigenvalue weighted by Crippen LogP contribution is 2.19. The molecular formula is C12H12N4O. The number of hydrogen-bond acceptors (Lipinski definition) is 4. The summed E-state index contributed by atoms with van der Waals surface area (Å²) in [6, 6.07) is 7.59. The monoisotopic (exact) mass is 228 g/mol. The van der Waals surface area contributed by atoms with Gasteiger partial charge in [0.05, 0.1) is 11.0 Å². The van der Waals surface area contributed by atoms with Crippen molar-refractivity contribution < 1.29 is 0 Å². The van der Waals surface area contributed by atoms with Crippen LogP contribution in [-0.2, 0) is 0 Å². The number of aromatic amines is 1. The van der Waals surface area contributed by atoms with Crippen molar-refractivity contribution >= 4 is 21.8 Å². The van der Waals surface area contributed by atoms with E-state index in [-0.39, 0.29) is 5.69 Å². The summed E-state index contributed by atoms with van der Waals surface area (Å²) in [7, 11) is 1.50. The molecule has 86 valence electrons. The van der Waals surface area contributed by atoms with E-state index >= 15 is 0 Å². The summed E-state index contributed by atoms with van der Waals surface area (Å²) in [6.07, 6.45) is 3.30. The molecule has 5 heteroatoms. The van der Waals surface area contributed by atoms with E-state index in [2.05, 4.69) is 20.7 Å². The fourth-order valence-corrected chi connectivity index (χ4v) is 1.68. The number of nitrogens with one attached hydrogen (secondary N) is 1. The molecule has 0 amide bonds. The number of H-pyrrole nitrogens is 1. The van der Waals surface area contributed by atoms with Crippen LogP contribution in [0.4, 0.5) is 0 Å². The minimum Gasteiger partial charge on any atom is -0.333 e. The van der Waals surface area contributed by atoms with Crippen molar-refractivity contribution in [2.45, 2.75) is 0 Å². The zero-order valence-electron chi connectivity index (χ0n) is 9.34. The Morgan fingerprint density at radius 3 is 2.82 bits per heavy atom. The Labute approximate surface area is 97.3 Å². The van der Waals surface area contributed by atoms with Crippen LogP contribution in [0.15, 0.2) is 41.5 Å². The Balaban J connectivity index is 0.000000514. The molecule has 2 aromatic heterocycles. The molecule has 17 heavy (non-hydrogen) atoms. The van der Waals surface area contributed by atoms with Gasteiger partial charge < -0.3 is 10.7 Å². The number of hydrogen-bond donors (Lipinski definition) is 2. The molecule has 0 fully saturated rings. The molecule has 0 saturated carbocycles. The van der Waals surface area contributed by atoms with Crippen molar-refractivity contribution in [3.05, 3.63) is 47.1 Å². The average molecular weight is 228 g/mol. The van der Waals surface area contributed by atoms with Crippen molar-refractivity contribution in [1.29, 1.82) is 0 Å². The quantitative estimate of drug-likeness (QED) is 0.563. The summed E-state index contributed by atoms with van der Waals surface area (Å²) in [5.41, 5.74) is 5.83. The van der Waals surface area contributed by atoms with Gasteiger partial charge >= 0.3 is 5.69 Å². The molecular weight excluding hydrogens is 216 g/mol. The second-order valence-corrected chi connectivity index (χ2v) is 3.29. The van der Waals surface area contributed by atoms with Gasteiger partial charge in [-0.1, -0.05) is 0 Å². The minimum absolute atomic E-state index is 0.334. The molecule has 0 spiro atoms. The Morgan fingerprint density at radius 1 is 1.18 bits per heavy atom. The maximum atomic E-state index is 11.1. The first-order valence-corrected chi connectivity index (χ1v) is 5.15. The minimum atomic E-state index is -0.334. The van der Waals surface area contributed by atoms with E-state index in [1.54, 1.807) is 12.4 Å². The zero-order chi connectivity index (χ0) is 12.3. The summed E-state index contributed by atoms with van der Waals surface area (Å²) in [6.45, 7) is 0. The van der Waals surface area contributed by atoms with Crippen LogP contribution in [0.5, 0.6) is 0 Å². The highest BCUT2D eigenvalue weighted by atomic mass is 16.1. The molecule has 0 radical (unpaired) electrons. The van der Waals surface area contributed by atoms with E-state index in [0.29, 0.717) is 0 Å². The van der Waals surface area contributed by atoms with E-state index in [1.165, 1.54) is 7.05 Å². The van der Waals surface area contributed by atoms with E-state index in [9.17, 15) is 4.79 Å². The van der Waals surface area contributed by atoms with Gasteiger partial charge in [0.15, 0.2) is 0 Å². The highest BCUT2D eigenvalue weighted by molar-refractivity contribution is 6.02. The first-order valence-electron chi connectivity index (χ1n) is 5.15. The van der Waals surface area contributed by atoms with Gasteiger partial charge in [0.2, 0.25) is 0 Å². The van der Waals surface area contributed by atoms with Gasteiger partial charge in [-0.2, -0.15) is 0 Å². The number of fused-ring (bicyclic) bond motifs is 3. The number of benzene rings is 1. The van der Waals surface area contributed by atoms with Crippen LogP contribution >= 0.6 is 0 Å². The Hall–Kier alpha value is -2.27. The lowest BCUT2D eigenvalue weighted by molar-refractivity contribution is 1.12. The van der Waals surface area contributed by atoms with Crippen molar-refractivity contribution in [2.24, 2.45) is 5.73 Å². The average Bonchev–Trinajstić information content (AvgIpc) is 2.41. The topological polar surface area (TPSA) is 84.7 Å². The third-order valence-corrected chi connectivity index (χ3v) is 2.37. The van der Waals surface area contributed by atoms with E-state index in [1.807, 2.05) is 24.3 Å². The lowest BCUT2D eigenvalue weighted by atomic mass is 10.1. The van der Waals surface area contributed by atoms with Crippen LogP contribution in [0.3, 0.4) is 0 Å². The number of aromatic nitrogens is 3. The molecule has 3 rings (SSSR count). The second kappa shape index (κ2) is 4.71. The predicted molar refractivity (Wildman–Crippen MR) is 67.8 cm³/mol. The first kappa shape index (κ1) is 11.2. The Morgan fingerprint density at radius 2 is 2.00 bits per heavy atom. The lowest BCUT2D eigenvalue weighted by Gasteiger charge is -2.00. The first-order chi connectivity index (χ1) is 8.34. The lowest BCUT2D eigenvalue weighted by Crippen LogP contribution is -2.08. The van der Waals surface area contributed by atoms with Crippen molar-refractivity contribution in [1.82, 2.24) is 15.0 Å². The Bertz CT molecular complexity index is 705. The maximum Gasteiger partial charge on any atom is 0.345 e. The van der Waals surface area contributed by atoms with E-state index in [0.717, 1.165) is 21.8 Å². The van der Waals surface area contributed by atoms with Crippen LogP contribution in [0.1, 0.15) is 0 Å². The largest absolute Gasteiger partial charge is 0.345 e. The molecule has 0 saturated heterocycles. The zero-order valence-corrected chi connectivity index (χ0v) is 9.34. The molecule has 0 atom stereocenters. The fourth-order valence-electron chi connectivity index (χ4n) is 1.68. The van der Waals surface area contributed by atoms with Gasteiger partial charge in [-0.05, 0) is 31.3 Å². The van der Waals surface area contributed by atoms with Crippen LogP contribution in [-0.4, -0.2) is 22.0 Å². The third-order valence-electron chi connectivity index (χ3n) is 2.37. The van der Waals surface area contributed by atoms with Gasteiger partial charge in [-0.25, -0.2) is 9.78 Å². The predicted octanol–water partition coefficient (Wildman–Crippen LogP) is 1.05. The van der Waals surface area contributed by atoms with Gasteiger partial charge in [0.1, 0.15) is 0 Å². The molecule has 3 aromatic rings. The maximum absolute atomic E-state index is 11.1. The van der Waals surface area contributed by atoms with Crippen LogP contribution < -0.4 is 11.4 Å². The van der Waals surface area contributed by atoms with Crippen LogP contribution in [0.25, 0.3) is 21.8 Å². The normalized spacial score (nSPS) is 10.0.